The van der Waals surface area contributed by atoms with Crippen molar-refractivity contribution in [3.8, 4) is 0 Å². The maximum Gasteiger partial charge on any atom is 0.338 e. The molecule has 0 spiro atoms. The lowest BCUT2D eigenvalue weighted by Gasteiger charge is -2.41. The smallest absolute Gasteiger partial charge is 0.194 e. The fourth-order valence-corrected chi connectivity index (χ4v) is 6.48. The Kier molecular flexibility index (Phi) is 8.36. The molecule has 4 heteroatoms. The van der Waals surface area contributed by atoms with Crippen molar-refractivity contribution in [3.63, 3.8) is 0 Å². The van der Waals surface area contributed by atoms with Gasteiger partial charge in [-0.2, -0.15) is 17.6 Å². The van der Waals surface area contributed by atoms with Crippen LogP contribution in [0.3, 0.4) is 0 Å². The van der Waals surface area contributed by atoms with E-state index in [4.69, 9.17) is 0 Å². The highest BCUT2D eigenvalue weighted by Gasteiger charge is 2.57. The van der Waals surface area contributed by atoms with Gasteiger partial charge in [-0.15, -0.1) is 0 Å². The minimum atomic E-state index is -4.30. The summed E-state index contributed by atoms with van der Waals surface area (Å²) < 4.78 is 55.9. The Bertz CT molecular complexity index is 668. The molecule has 0 radical (unpaired) electrons. The van der Waals surface area contributed by atoms with Gasteiger partial charge in [-0.05, 0) is 112 Å². The second-order valence-electron chi connectivity index (χ2n) is 11.2. The van der Waals surface area contributed by atoms with Crippen LogP contribution in [-0.2, 0) is 0 Å². The van der Waals surface area contributed by atoms with Gasteiger partial charge in [0, 0.05) is 5.57 Å². The number of hydrogen-bond donors (Lipinski definition) is 0. The lowest BCUT2D eigenvalue weighted by Crippen LogP contribution is -2.42. The Labute approximate surface area is 192 Å². The van der Waals surface area contributed by atoms with Crippen LogP contribution in [0.4, 0.5) is 17.6 Å². The minimum absolute atomic E-state index is 0.179. The average molecular weight is 455 g/mol. The molecule has 0 aromatic heterocycles. The molecule has 0 unspecified atom stereocenters. The zero-order valence-electron chi connectivity index (χ0n) is 20.0. The summed E-state index contributed by atoms with van der Waals surface area (Å²) in [7, 11) is 0. The second-order valence-corrected chi connectivity index (χ2v) is 11.2. The van der Waals surface area contributed by atoms with E-state index in [0.717, 1.165) is 68.3 Å². The molecule has 3 aliphatic rings. The highest BCUT2D eigenvalue weighted by atomic mass is 19.3. The van der Waals surface area contributed by atoms with Gasteiger partial charge in [-0.3, -0.25) is 0 Å². The Morgan fingerprint density at radius 2 is 1.03 bits per heavy atom. The molecule has 0 N–H and O–H groups in total. The summed E-state index contributed by atoms with van der Waals surface area (Å²) in [5.74, 6) is -4.05. The first-order valence-electron chi connectivity index (χ1n) is 12.8. The van der Waals surface area contributed by atoms with E-state index in [2.05, 4.69) is 20.1 Å². The van der Waals surface area contributed by atoms with Crippen molar-refractivity contribution in [2.45, 2.75) is 103 Å². The molecule has 0 heterocycles. The largest absolute Gasteiger partial charge is 0.338 e. The predicted octanol–water partition coefficient (Wildman–Crippen LogP) is 9.38. The van der Waals surface area contributed by atoms with Gasteiger partial charge in [0.25, 0.3) is 0 Å². The minimum Gasteiger partial charge on any atom is -0.194 e. The van der Waals surface area contributed by atoms with Crippen LogP contribution in [0.25, 0.3) is 0 Å². The third-order valence-electron chi connectivity index (χ3n) is 8.93. The van der Waals surface area contributed by atoms with Crippen LogP contribution < -0.4 is 0 Å². The third kappa shape index (κ3) is 5.70. The topological polar surface area (TPSA) is 0 Å². The zero-order valence-corrected chi connectivity index (χ0v) is 20.0. The molecular weight excluding hydrogens is 412 g/mol. The van der Waals surface area contributed by atoms with Crippen molar-refractivity contribution in [1.29, 1.82) is 0 Å². The number of hydrogen-bond acceptors (Lipinski definition) is 0. The first-order valence-corrected chi connectivity index (χ1v) is 12.8. The van der Waals surface area contributed by atoms with Crippen molar-refractivity contribution in [2.75, 3.05) is 0 Å². The Morgan fingerprint density at radius 3 is 1.44 bits per heavy atom. The molecule has 0 amide bonds. The normalized spacial score (nSPS) is 35.1. The monoisotopic (exact) mass is 454 g/mol. The third-order valence-corrected chi connectivity index (χ3v) is 8.93. The van der Waals surface area contributed by atoms with E-state index in [1.807, 2.05) is 0 Å². The van der Waals surface area contributed by atoms with Gasteiger partial charge < -0.3 is 0 Å². The van der Waals surface area contributed by atoms with E-state index in [9.17, 15) is 17.6 Å². The van der Waals surface area contributed by atoms with E-state index >= 15 is 0 Å². The molecule has 3 aliphatic carbocycles. The fourth-order valence-electron chi connectivity index (χ4n) is 6.48. The van der Waals surface area contributed by atoms with Crippen LogP contribution in [0.5, 0.6) is 0 Å². The van der Waals surface area contributed by atoms with Gasteiger partial charge in [-0.25, -0.2) is 0 Å². The summed E-state index contributed by atoms with van der Waals surface area (Å²) in [6.07, 6.45) is 18.1. The van der Waals surface area contributed by atoms with Crippen molar-refractivity contribution >= 4 is 0 Å². The highest BCUT2D eigenvalue weighted by Crippen LogP contribution is 2.47. The molecule has 32 heavy (non-hydrogen) atoms. The van der Waals surface area contributed by atoms with Gasteiger partial charge >= 0.3 is 11.8 Å². The SMILES string of the molecule is C=C(C)C(F)(F)C(F)(F)C(=C)/C=C/C1CCC(C2CCC(C3CCC(C)CC3)CC2)CC1. The first-order chi connectivity index (χ1) is 15.0. The number of alkyl halides is 4. The molecule has 3 rings (SSSR count). The molecule has 0 aromatic rings. The molecule has 0 atom stereocenters. The van der Waals surface area contributed by atoms with Gasteiger partial charge in [0.1, 0.15) is 0 Å². The molecule has 0 nitrogen and oxygen atoms in total. The zero-order chi connectivity index (χ0) is 23.5. The van der Waals surface area contributed by atoms with E-state index in [-0.39, 0.29) is 5.92 Å². The average Bonchev–Trinajstić information content (AvgIpc) is 2.78. The maximum absolute atomic E-state index is 14.1. The van der Waals surface area contributed by atoms with Crippen LogP contribution in [0.2, 0.25) is 0 Å². The molecule has 182 valence electrons. The Hall–Kier alpha value is -1.06. The van der Waals surface area contributed by atoms with E-state index < -0.39 is 23.0 Å². The summed E-state index contributed by atoms with van der Waals surface area (Å²) >= 11 is 0. The summed E-state index contributed by atoms with van der Waals surface area (Å²) in [6, 6.07) is 0. The van der Waals surface area contributed by atoms with Crippen LogP contribution in [-0.4, -0.2) is 11.8 Å². The maximum atomic E-state index is 14.1. The lowest BCUT2D eigenvalue weighted by atomic mass is 9.65. The summed E-state index contributed by atoms with van der Waals surface area (Å²) in [6.45, 7) is 9.57. The number of halogens is 4. The van der Waals surface area contributed by atoms with Crippen LogP contribution >= 0.6 is 0 Å². The Morgan fingerprint density at radius 1 is 0.656 bits per heavy atom. The van der Waals surface area contributed by atoms with E-state index in [1.165, 1.54) is 51.4 Å². The quantitative estimate of drug-likeness (QED) is 0.204. The highest BCUT2D eigenvalue weighted by molar-refractivity contribution is 5.31. The molecule has 3 saturated carbocycles. The van der Waals surface area contributed by atoms with Crippen molar-refractivity contribution in [3.05, 3.63) is 36.5 Å². The van der Waals surface area contributed by atoms with Gasteiger partial charge in [-0.1, -0.05) is 45.1 Å². The standard InChI is InChI=1S/C28H42F4/c1-19(2)27(29,30)28(31,32)21(4)7-8-22-9-13-24(14-10-22)26-17-15-25(16-18-26)23-11-5-20(3)6-12-23/h7-8,20,22-26H,1,4-6,9-18H2,2-3H3/b8-7+. The van der Waals surface area contributed by atoms with Gasteiger partial charge in [0.15, 0.2) is 0 Å². The second kappa shape index (κ2) is 10.5. The van der Waals surface area contributed by atoms with Gasteiger partial charge in [0.05, 0.1) is 0 Å². The number of rotatable bonds is 7. The first kappa shape index (κ1) is 25.6. The molecule has 0 aromatic carbocycles. The predicted molar refractivity (Wildman–Crippen MR) is 125 cm³/mol. The molecule has 0 bridgehead atoms. The van der Waals surface area contributed by atoms with Crippen LogP contribution in [0.15, 0.2) is 36.5 Å². The van der Waals surface area contributed by atoms with Crippen molar-refractivity contribution < 1.29 is 17.6 Å². The van der Waals surface area contributed by atoms with Crippen molar-refractivity contribution in [2.24, 2.45) is 35.5 Å². The van der Waals surface area contributed by atoms with Crippen LogP contribution in [0, 0.1) is 35.5 Å². The summed E-state index contributed by atoms with van der Waals surface area (Å²) in [4.78, 5) is 0. The molecular formula is C28H42F4. The number of allylic oxidation sites excluding steroid dienone is 4. The fraction of sp³-hybridized carbons (Fsp3) is 0.786. The Balaban J connectivity index is 1.43. The van der Waals surface area contributed by atoms with E-state index in [0.29, 0.717) is 0 Å². The molecule has 3 fully saturated rings. The molecule has 0 aliphatic heterocycles. The van der Waals surface area contributed by atoms with E-state index in [1.54, 1.807) is 6.08 Å². The van der Waals surface area contributed by atoms with Crippen LogP contribution in [0.1, 0.15) is 90.9 Å². The van der Waals surface area contributed by atoms with Gasteiger partial charge in [0.2, 0.25) is 0 Å². The molecule has 0 saturated heterocycles. The van der Waals surface area contributed by atoms with Crippen molar-refractivity contribution in [1.82, 2.24) is 0 Å². The lowest BCUT2D eigenvalue weighted by molar-refractivity contribution is -0.158. The summed E-state index contributed by atoms with van der Waals surface area (Å²) in [5, 5.41) is 0. The summed E-state index contributed by atoms with van der Waals surface area (Å²) in [5.41, 5.74) is -1.67.